The van der Waals surface area contributed by atoms with Crippen LogP contribution in [0.5, 0.6) is 0 Å². The molecule has 2 N–H and O–H groups in total. The van der Waals surface area contributed by atoms with E-state index in [9.17, 15) is 14.4 Å². The van der Waals surface area contributed by atoms with E-state index in [0.717, 1.165) is 25.8 Å². The number of amides is 2. The smallest absolute Gasteiger partial charge is 0.340 e. The molecule has 190 valence electrons. The van der Waals surface area contributed by atoms with E-state index in [0.29, 0.717) is 42.1 Å². The molecular formula is C26H42N4O4. The van der Waals surface area contributed by atoms with Crippen LogP contribution in [0.25, 0.3) is 0 Å². The first-order valence-corrected chi connectivity index (χ1v) is 13.0. The molecule has 2 aliphatic rings. The Hall–Kier alpha value is -2.35. The molecule has 0 saturated carbocycles. The van der Waals surface area contributed by atoms with Crippen LogP contribution < -0.4 is 5.32 Å². The Labute approximate surface area is 203 Å². The number of nitrogens with zero attached hydrogens (tertiary/aromatic N) is 2. The molecule has 34 heavy (non-hydrogen) atoms. The molecule has 0 aromatic carbocycles. The lowest BCUT2D eigenvalue weighted by atomic mass is 9.96. The zero-order valence-electron chi connectivity index (χ0n) is 21.4. The van der Waals surface area contributed by atoms with Crippen LogP contribution in [0, 0.1) is 19.8 Å². The van der Waals surface area contributed by atoms with Gasteiger partial charge in [-0.05, 0) is 85.0 Å². The minimum absolute atomic E-state index is 0.0361. The zero-order valence-corrected chi connectivity index (χ0v) is 21.4. The molecule has 3 rings (SSSR count). The predicted octanol–water partition coefficient (Wildman–Crippen LogP) is 3.43. The van der Waals surface area contributed by atoms with Gasteiger partial charge < -0.3 is 24.8 Å². The summed E-state index contributed by atoms with van der Waals surface area (Å²) in [5.74, 6) is -0.745. The maximum Gasteiger partial charge on any atom is 0.340 e. The van der Waals surface area contributed by atoms with Crippen LogP contribution in [0.4, 0.5) is 0 Å². The lowest BCUT2D eigenvalue weighted by Crippen LogP contribution is -2.46. The Morgan fingerprint density at radius 3 is 2.44 bits per heavy atom. The number of rotatable bonds is 8. The number of carbonyl (C=O) groups excluding carboxylic acids is 3. The third kappa shape index (κ3) is 6.84. The van der Waals surface area contributed by atoms with E-state index >= 15 is 0 Å². The number of hydrogen-bond acceptors (Lipinski definition) is 5. The summed E-state index contributed by atoms with van der Waals surface area (Å²) in [6, 6.07) is 0. The van der Waals surface area contributed by atoms with Gasteiger partial charge in [0.05, 0.1) is 17.6 Å². The average molecular weight is 475 g/mol. The SMILES string of the molecule is Cc1[nH]c(C(=O)N2CCCC(C(=O)NCCCN3CCCCCC3)C2)c(C)c1C(=O)OC(C)C. The highest BCUT2D eigenvalue weighted by Gasteiger charge is 2.32. The quantitative estimate of drug-likeness (QED) is 0.445. The maximum atomic E-state index is 13.3. The number of carbonyl (C=O) groups is 3. The molecule has 1 unspecified atom stereocenters. The highest BCUT2D eigenvalue weighted by Crippen LogP contribution is 2.24. The summed E-state index contributed by atoms with van der Waals surface area (Å²) in [6.45, 7) is 12.2. The highest BCUT2D eigenvalue weighted by molar-refractivity contribution is 6.00. The number of nitrogens with one attached hydrogen (secondary N) is 2. The Kier molecular flexibility index (Phi) is 9.56. The van der Waals surface area contributed by atoms with Crippen molar-refractivity contribution in [1.82, 2.24) is 20.1 Å². The van der Waals surface area contributed by atoms with Crippen molar-refractivity contribution >= 4 is 17.8 Å². The molecule has 0 bridgehead atoms. The number of ether oxygens (including phenoxy) is 1. The number of esters is 1. The molecule has 0 aliphatic carbocycles. The fraction of sp³-hybridized carbons (Fsp3) is 0.731. The molecule has 2 amide bonds. The third-order valence-electron chi connectivity index (χ3n) is 6.93. The highest BCUT2D eigenvalue weighted by atomic mass is 16.5. The van der Waals surface area contributed by atoms with Crippen molar-refractivity contribution in [1.29, 1.82) is 0 Å². The van der Waals surface area contributed by atoms with Gasteiger partial charge in [0.1, 0.15) is 5.69 Å². The van der Waals surface area contributed by atoms with Gasteiger partial charge in [-0.25, -0.2) is 4.79 Å². The van der Waals surface area contributed by atoms with Crippen LogP contribution in [0.15, 0.2) is 0 Å². The second-order valence-electron chi connectivity index (χ2n) is 10.1. The lowest BCUT2D eigenvalue weighted by molar-refractivity contribution is -0.126. The summed E-state index contributed by atoms with van der Waals surface area (Å²) >= 11 is 0. The molecular weight excluding hydrogens is 432 g/mol. The summed E-state index contributed by atoms with van der Waals surface area (Å²) in [5.41, 5.74) is 2.06. The molecule has 3 heterocycles. The van der Waals surface area contributed by atoms with E-state index in [1.807, 2.05) is 0 Å². The number of hydrogen-bond donors (Lipinski definition) is 2. The molecule has 8 heteroatoms. The van der Waals surface area contributed by atoms with Gasteiger partial charge in [0.15, 0.2) is 0 Å². The van der Waals surface area contributed by atoms with Crippen LogP contribution >= 0.6 is 0 Å². The van der Waals surface area contributed by atoms with E-state index in [1.165, 1.54) is 38.8 Å². The van der Waals surface area contributed by atoms with Crippen molar-refractivity contribution in [3.8, 4) is 0 Å². The second-order valence-corrected chi connectivity index (χ2v) is 10.1. The molecule has 0 spiro atoms. The molecule has 1 atom stereocenters. The maximum absolute atomic E-state index is 13.3. The molecule has 1 aromatic rings. The fourth-order valence-electron chi connectivity index (χ4n) is 5.10. The number of aromatic amines is 1. The first-order chi connectivity index (χ1) is 16.3. The normalized spacial score (nSPS) is 19.7. The van der Waals surface area contributed by atoms with Crippen LogP contribution in [-0.4, -0.2) is 77.9 Å². The third-order valence-corrected chi connectivity index (χ3v) is 6.93. The summed E-state index contributed by atoms with van der Waals surface area (Å²) in [4.78, 5) is 45.9. The van der Waals surface area contributed by atoms with Crippen molar-refractivity contribution in [3.63, 3.8) is 0 Å². The Morgan fingerprint density at radius 2 is 1.76 bits per heavy atom. The van der Waals surface area contributed by atoms with Crippen molar-refractivity contribution in [3.05, 3.63) is 22.5 Å². The van der Waals surface area contributed by atoms with Gasteiger partial charge in [0, 0.05) is 25.3 Å². The molecule has 1 aromatic heterocycles. The zero-order chi connectivity index (χ0) is 24.7. The van der Waals surface area contributed by atoms with Gasteiger partial charge in [0.2, 0.25) is 5.91 Å². The van der Waals surface area contributed by atoms with Crippen molar-refractivity contribution < 1.29 is 19.1 Å². The number of H-pyrrole nitrogens is 1. The van der Waals surface area contributed by atoms with E-state index in [2.05, 4.69) is 15.2 Å². The topological polar surface area (TPSA) is 94.7 Å². The Bertz CT molecular complexity index is 855. The van der Waals surface area contributed by atoms with Crippen LogP contribution in [0.2, 0.25) is 0 Å². The molecule has 2 fully saturated rings. The van der Waals surface area contributed by atoms with Gasteiger partial charge in [-0.15, -0.1) is 0 Å². The minimum Gasteiger partial charge on any atom is -0.459 e. The van der Waals surface area contributed by atoms with Crippen molar-refractivity contribution in [2.24, 2.45) is 5.92 Å². The largest absolute Gasteiger partial charge is 0.459 e. The number of aryl methyl sites for hydroxylation is 1. The summed E-state index contributed by atoms with van der Waals surface area (Å²) in [5, 5.41) is 3.09. The molecule has 0 radical (unpaired) electrons. The Balaban J connectivity index is 1.52. The minimum atomic E-state index is -0.420. The first-order valence-electron chi connectivity index (χ1n) is 13.0. The second kappa shape index (κ2) is 12.4. The number of aromatic nitrogens is 1. The van der Waals surface area contributed by atoms with E-state index in [4.69, 9.17) is 4.74 Å². The van der Waals surface area contributed by atoms with Crippen LogP contribution in [0.1, 0.15) is 90.9 Å². The summed E-state index contributed by atoms with van der Waals surface area (Å²) < 4.78 is 5.34. The van der Waals surface area contributed by atoms with Crippen molar-refractivity contribution in [2.75, 3.05) is 39.3 Å². The molecule has 2 saturated heterocycles. The monoisotopic (exact) mass is 474 g/mol. The van der Waals surface area contributed by atoms with Crippen LogP contribution in [-0.2, 0) is 9.53 Å². The van der Waals surface area contributed by atoms with Gasteiger partial charge in [-0.3, -0.25) is 9.59 Å². The van der Waals surface area contributed by atoms with Gasteiger partial charge in [-0.1, -0.05) is 12.8 Å². The Morgan fingerprint density at radius 1 is 1.06 bits per heavy atom. The van der Waals surface area contributed by atoms with Gasteiger partial charge in [0.25, 0.3) is 5.91 Å². The van der Waals surface area contributed by atoms with Gasteiger partial charge >= 0.3 is 5.97 Å². The standard InChI is InChI=1S/C26H42N4O4/c1-18(2)34-26(33)22-19(3)23(28-20(22)4)25(32)30-16-9-11-21(17-30)24(31)27-12-10-15-29-13-7-5-6-8-14-29/h18,21,28H,5-17H2,1-4H3,(H,27,31). The van der Waals surface area contributed by atoms with E-state index in [-0.39, 0.29) is 23.8 Å². The fourth-order valence-corrected chi connectivity index (χ4v) is 5.10. The van der Waals surface area contributed by atoms with E-state index in [1.54, 1.807) is 32.6 Å². The molecule has 8 nitrogen and oxygen atoms in total. The van der Waals surface area contributed by atoms with Crippen LogP contribution in [0.3, 0.4) is 0 Å². The average Bonchev–Trinajstić information content (AvgIpc) is 2.95. The summed E-state index contributed by atoms with van der Waals surface area (Å²) in [7, 11) is 0. The first kappa shape index (κ1) is 26.3. The number of piperidine rings is 1. The summed E-state index contributed by atoms with van der Waals surface area (Å²) in [6.07, 6.45) is 7.51. The molecule has 2 aliphatic heterocycles. The number of likely N-dealkylation sites (tertiary alicyclic amines) is 2. The van der Waals surface area contributed by atoms with Gasteiger partial charge in [-0.2, -0.15) is 0 Å². The van der Waals surface area contributed by atoms with Crippen molar-refractivity contribution in [2.45, 2.75) is 78.7 Å². The van der Waals surface area contributed by atoms with E-state index < -0.39 is 5.97 Å². The lowest BCUT2D eigenvalue weighted by Gasteiger charge is -2.32. The predicted molar refractivity (Wildman–Crippen MR) is 132 cm³/mol.